The van der Waals surface area contributed by atoms with Gasteiger partial charge < -0.3 is 15.8 Å². The van der Waals surface area contributed by atoms with Crippen molar-refractivity contribution in [3.8, 4) is 5.75 Å². The van der Waals surface area contributed by atoms with E-state index in [0.717, 1.165) is 5.56 Å². The first kappa shape index (κ1) is 17.5. The third-order valence-corrected chi connectivity index (χ3v) is 3.75. The number of carbonyl (C=O) groups excluding carboxylic acids is 2. The van der Waals surface area contributed by atoms with E-state index in [2.05, 4.69) is 26.1 Å². The van der Waals surface area contributed by atoms with Crippen LogP contribution >= 0.6 is 0 Å². The average Bonchev–Trinajstić information content (AvgIpc) is 2.54. The Morgan fingerprint density at radius 1 is 1.00 bits per heavy atom. The Kier molecular flexibility index (Phi) is 4.93. The molecule has 0 aliphatic heterocycles. The van der Waals surface area contributed by atoms with Gasteiger partial charge in [0.05, 0.1) is 12.8 Å². The topological polar surface area (TPSA) is 81.4 Å². The predicted octanol–water partition coefficient (Wildman–Crippen LogP) is 3.34. The Balaban J connectivity index is 2.26. The van der Waals surface area contributed by atoms with Gasteiger partial charge in [-0.15, -0.1) is 0 Å². The lowest BCUT2D eigenvalue weighted by Crippen LogP contribution is -2.16. The van der Waals surface area contributed by atoms with Crippen LogP contribution in [-0.4, -0.2) is 18.9 Å². The molecule has 2 amide bonds. The molecule has 0 saturated heterocycles. The summed E-state index contributed by atoms with van der Waals surface area (Å²) in [6, 6.07) is 12.1. The maximum atomic E-state index is 12.4. The molecule has 126 valence electrons. The van der Waals surface area contributed by atoms with Gasteiger partial charge in [-0.2, -0.15) is 0 Å². The molecule has 0 saturated carbocycles. The summed E-state index contributed by atoms with van der Waals surface area (Å²) >= 11 is 0. The lowest BCUT2D eigenvalue weighted by atomic mass is 9.87. The molecule has 3 N–H and O–H groups in total. The zero-order chi connectivity index (χ0) is 17.9. The number of nitrogens with two attached hydrogens (primary N) is 1. The molecular weight excluding hydrogens is 304 g/mol. The van der Waals surface area contributed by atoms with Crippen molar-refractivity contribution in [2.24, 2.45) is 5.73 Å². The second-order valence-corrected chi connectivity index (χ2v) is 6.56. The average molecular weight is 326 g/mol. The number of methoxy groups -OCH3 is 1. The van der Waals surface area contributed by atoms with Crippen molar-refractivity contribution in [3.63, 3.8) is 0 Å². The van der Waals surface area contributed by atoms with E-state index in [1.807, 2.05) is 12.1 Å². The van der Waals surface area contributed by atoms with Crippen LogP contribution in [0.2, 0.25) is 0 Å². The molecular formula is C19H22N2O3. The summed E-state index contributed by atoms with van der Waals surface area (Å²) in [5.41, 5.74) is 7.67. The van der Waals surface area contributed by atoms with E-state index in [1.165, 1.54) is 13.2 Å². The van der Waals surface area contributed by atoms with Crippen molar-refractivity contribution in [2.45, 2.75) is 26.2 Å². The van der Waals surface area contributed by atoms with Gasteiger partial charge in [0.2, 0.25) is 5.91 Å². The van der Waals surface area contributed by atoms with E-state index in [4.69, 9.17) is 10.5 Å². The van der Waals surface area contributed by atoms with Gasteiger partial charge >= 0.3 is 0 Å². The van der Waals surface area contributed by atoms with Crippen LogP contribution in [0.1, 0.15) is 47.1 Å². The Hall–Kier alpha value is -2.82. The van der Waals surface area contributed by atoms with E-state index in [1.54, 1.807) is 24.3 Å². The van der Waals surface area contributed by atoms with Crippen molar-refractivity contribution >= 4 is 17.5 Å². The zero-order valence-corrected chi connectivity index (χ0v) is 14.3. The van der Waals surface area contributed by atoms with Gasteiger partial charge in [0.1, 0.15) is 5.75 Å². The number of ether oxygens (including phenoxy) is 1. The number of nitrogens with one attached hydrogen (secondary N) is 1. The number of hydrogen-bond donors (Lipinski definition) is 2. The van der Waals surface area contributed by atoms with Gasteiger partial charge in [-0.25, -0.2) is 0 Å². The van der Waals surface area contributed by atoms with Crippen molar-refractivity contribution in [3.05, 3.63) is 59.2 Å². The Morgan fingerprint density at radius 3 is 2.08 bits per heavy atom. The Morgan fingerprint density at radius 2 is 1.58 bits per heavy atom. The minimum atomic E-state index is -0.567. The summed E-state index contributed by atoms with van der Waals surface area (Å²) < 4.78 is 5.21. The van der Waals surface area contributed by atoms with E-state index in [9.17, 15) is 9.59 Å². The van der Waals surface area contributed by atoms with Crippen molar-refractivity contribution in [1.82, 2.24) is 0 Å². The van der Waals surface area contributed by atoms with Gasteiger partial charge in [0.25, 0.3) is 5.91 Å². The molecule has 0 atom stereocenters. The third kappa shape index (κ3) is 3.93. The molecule has 2 aromatic rings. The molecule has 0 unspecified atom stereocenters. The predicted molar refractivity (Wildman–Crippen MR) is 94.6 cm³/mol. The van der Waals surface area contributed by atoms with Crippen LogP contribution < -0.4 is 15.8 Å². The maximum absolute atomic E-state index is 12.4. The number of hydrogen-bond acceptors (Lipinski definition) is 3. The number of carbonyl (C=O) groups is 2. The van der Waals surface area contributed by atoms with Crippen molar-refractivity contribution < 1.29 is 14.3 Å². The molecule has 0 aliphatic rings. The van der Waals surface area contributed by atoms with Gasteiger partial charge in [-0.05, 0) is 41.3 Å². The smallest absolute Gasteiger partial charge is 0.255 e. The summed E-state index contributed by atoms with van der Waals surface area (Å²) in [5.74, 6) is -0.391. The van der Waals surface area contributed by atoms with Crippen LogP contribution in [0.5, 0.6) is 5.75 Å². The van der Waals surface area contributed by atoms with Crippen LogP contribution in [0.4, 0.5) is 5.69 Å². The lowest BCUT2D eigenvalue weighted by molar-refractivity contribution is 0.0996. The third-order valence-electron chi connectivity index (χ3n) is 3.75. The first-order chi connectivity index (χ1) is 11.2. The summed E-state index contributed by atoms with van der Waals surface area (Å²) in [7, 11) is 1.49. The number of anilines is 1. The highest BCUT2D eigenvalue weighted by molar-refractivity contribution is 6.06. The van der Waals surface area contributed by atoms with Crippen LogP contribution in [0, 0.1) is 0 Å². The molecule has 0 spiro atoms. The normalized spacial score (nSPS) is 11.0. The Bertz CT molecular complexity index is 759. The standard InChI is InChI=1S/C19H22N2O3/c1-19(2,3)14-8-5-12(6-9-14)18(23)21-15-11-13(17(20)22)7-10-16(15)24-4/h5-11H,1-4H3,(H2,20,22)(H,21,23). The SMILES string of the molecule is COc1ccc(C(N)=O)cc1NC(=O)c1ccc(C(C)(C)C)cc1. The molecule has 2 aromatic carbocycles. The van der Waals surface area contributed by atoms with Gasteiger partial charge in [-0.1, -0.05) is 32.9 Å². The summed E-state index contributed by atoms with van der Waals surface area (Å²) in [6.45, 7) is 6.34. The fourth-order valence-electron chi connectivity index (χ4n) is 2.28. The second kappa shape index (κ2) is 6.74. The molecule has 0 heterocycles. The zero-order valence-electron chi connectivity index (χ0n) is 14.3. The highest BCUT2D eigenvalue weighted by Gasteiger charge is 2.15. The number of amides is 2. The summed E-state index contributed by atoms with van der Waals surface area (Å²) in [6.07, 6.45) is 0. The molecule has 0 radical (unpaired) electrons. The minimum Gasteiger partial charge on any atom is -0.495 e. The molecule has 0 fully saturated rings. The minimum absolute atomic E-state index is 0.0219. The molecule has 0 aliphatic carbocycles. The van der Waals surface area contributed by atoms with Gasteiger partial charge in [0, 0.05) is 11.1 Å². The number of rotatable bonds is 4. The Labute approximate surface area is 141 Å². The van der Waals surface area contributed by atoms with Crippen LogP contribution in [0.3, 0.4) is 0 Å². The van der Waals surface area contributed by atoms with E-state index >= 15 is 0 Å². The summed E-state index contributed by atoms with van der Waals surface area (Å²) in [5, 5.41) is 2.76. The number of benzene rings is 2. The summed E-state index contributed by atoms with van der Waals surface area (Å²) in [4.78, 5) is 23.8. The van der Waals surface area contributed by atoms with Crippen LogP contribution in [0.25, 0.3) is 0 Å². The number of primary amides is 1. The molecule has 5 nitrogen and oxygen atoms in total. The van der Waals surface area contributed by atoms with E-state index < -0.39 is 5.91 Å². The maximum Gasteiger partial charge on any atom is 0.255 e. The van der Waals surface area contributed by atoms with Gasteiger partial charge in [0.15, 0.2) is 0 Å². The first-order valence-corrected chi connectivity index (χ1v) is 7.62. The van der Waals surface area contributed by atoms with Crippen molar-refractivity contribution in [2.75, 3.05) is 12.4 Å². The highest BCUT2D eigenvalue weighted by Crippen LogP contribution is 2.27. The second-order valence-electron chi connectivity index (χ2n) is 6.56. The van der Waals surface area contributed by atoms with Gasteiger partial charge in [-0.3, -0.25) is 9.59 Å². The molecule has 0 bridgehead atoms. The highest BCUT2D eigenvalue weighted by atomic mass is 16.5. The van der Waals surface area contributed by atoms with E-state index in [-0.39, 0.29) is 11.3 Å². The fourth-order valence-corrected chi connectivity index (χ4v) is 2.28. The van der Waals surface area contributed by atoms with Crippen molar-refractivity contribution in [1.29, 1.82) is 0 Å². The molecule has 0 aromatic heterocycles. The van der Waals surface area contributed by atoms with E-state index in [0.29, 0.717) is 22.6 Å². The van der Waals surface area contributed by atoms with Crippen LogP contribution in [0.15, 0.2) is 42.5 Å². The molecule has 24 heavy (non-hydrogen) atoms. The first-order valence-electron chi connectivity index (χ1n) is 7.62. The molecule has 5 heteroatoms. The lowest BCUT2D eigenvalue weighted by Gasteiger charge is -2.19. The fraction of sp³-hybridized carbons (Fsp3) is 0.263. The quantitative estimate of drug-likeness (QED) is 0.904. The monoisotopic (exact) mass is 326 g/mol. The molecule has 2 rings (SSSR count). The van der Waals surface area contributed by atoms with Crippen LogP contribution in [-0.2, 0) is 5.41 Å². The largest absolute Gasteiger partial charge is 0.495 e.